The van der Waals surface area contributed by atoms with Crippen molar-refractivity contribution in [1.29, 1.82) is 0 Å². The van der Waals surface area contributed by atoms with Gasteiger partial charge in [0.2, 0.25) is 6.86 Å². The van der Waals surface area contributed by atoms with Gasteiger partial charge in [0.25, 0.3) is 0 Å². The maximum atomic E-state index is 14.6. The van der Waals surface area contributed by atoms with Crippen molar-refractivity contribution in [3.8, 4) is 17.1 Å². The maximum Gasteiger partial charge on any atom is 0.435 e. The molecule has 224 valence electrons. The van der Waals surface area contributed by atoms with Crippen LogP contribution in [0.5, 0.6) is 5.75 Å². The molecular formula is C30H31F5N4O2S. The molecule has 1 atom stereocenters. The van der Waals surface area contributed by atoms with E-state index >= 15 is 0 Å². The molecule has 6 nitrogen and oxygen atoms in total. The van der Waals surface area contributed by atoms with Gasteiger partial charge >= 0.3 is 6.18 Å². The topological polar surface area (TPSA) is 73.4 Å². The standard InChI is InChI=1S/C30H31F5N4O2S/c1-2-3-15-39-26(28(30(33,34)35)37-29(39)23-7-5-4-6-8-23)19-38(17-21-9-12-24(13-10-21)42(36)40)18-22-11-14-27(41-20-31)25(32)16-22/h4-14,16H,2-3,15,17-20,36H2,1H3. The summed E-state index contributed by atoms with van der Waals surface area (Å²) in [7, 11) is -1.69. The van der Waals surface area contributed by atoms with Crippen LogP contribution in [0.4, 0.5) is 22.0 Å². The van der Waals surface area contributed by atoms with E-state index in [-0.39, 0.29) is 36.9 Å². The van der Waals surface area contributed by atoms with Crippen LogP contribution in [0.25, 0.3) is 11.4 Å². The zero-order chi connectivity index (χ0) is 30.3. The minimum atomic E-state index is -4.72. The summed E-state index contributed by atoms with van der Waals surface area (Å²) in [5, 5.41) is 5.46. The molecule has 0 bridgehead atoms. The zero-order valence-corrected chi connectivity index (χ0v) is 23.7. The van der Waals surface area contributed by atoms with E-state index < -0.39 is 35.5 Å². The van der Waals surface area contributed by atoms with Gasteiger partial charge in [-0.2, -0.15) is 13.2 Å². The van der Waals surface area contributed by atoms with Crippen LogP contribution in [-0.4, -0.2) is 25.5 Å². The molecule has 4 rings (SSSR count). The Morgan fingerprint density at radius 1 is 0.976 bits per heavy atom. The average Bonchev–Trinajstić information content (AvgIpc) is 3.32. The Labute approximate surface area is 243 Å². The highest BCUT2D eigenvalue weighted by atomic mass is 32.2. The second kappa shape index (κ2) is 14.0. The number of rotatable bonds is 13. The van der Waals surface area contributed by atoms with E-state index in [1.54, 1.807) is 64.1 Å². The Morgan fingerprint density at radius 2 is 1.64 bits per heavy atom. The maximum absolute atomic E-state index is 14.6. The zero-order valence-electron chi connectivity index (χ0n) is 22.9. The van der Waals surface area contributed by atoms with Crippen LogP contribution in [0.15, 0.2) is 77.7 Å². The monoisotopic (exact) mass is 606 g/mol. The summed E-state index contributed by atoms with van der Waals surface area (Å²) in [6, 6.07) is 19.3. The van der Waals surface area contributed by atoms with Gasteiger partial charge < -0.3 is 9.30 Å². The Bertz CT molecular complexity index is 1490. The number of benzene rings is 3. The first kappa shape index (κ1) is 31.3. The highest BCUT2D eigenvalue weighted by Crippen LogP contribution is 2.36. The van der Waals surface area contributed by atoms with Gasteiger partial charge in [-0.3, -0.25) is 4.90 Å². The Hall–Kier alpha value is -3.61. The Kier molecular flexibility index (Phi) is 10.5. The van der Waals surface area contributed by atoms with Crippen LogP contribution in [-0.2, 0) is 43.3 Å². The van der Waals surface area contributed by atoms with Crippen molar-refractivity contribution in [3.05, 3.63) is 101 Å². The lowest BCUT2D eigenvalue weighted by Crippen LogP contribution is -2.26. The first-order valence-corrected chi connectivity index (χ1v) is 14.5. The molecule has 0 fully saturated rings. The van der Waals surface area contributed by atoms with Gasteiger partial charge in [-0.25, -0.2) is 23.1 Å². The van der Waals surface area contributed by atoms with Crippen LogP contribution >= 0.6 is 0 Å². The van der Waals surface area contributed by atoms with E-state index in [2.05, 4.69) is 9.72 Å². The van der Waals surface area contributed by atoms with E-state index in [9.17, 15) is 26.2 Å². The first-order valence-electron chi connectivity index (χ1n) is 13.3. The van der Waals surface area contributed by atoms with Crippen LogP contribution in [0.1, 0.15) is 42.3 Å². The number of ether oxygens (including phenoxy) is 1. The fraction of sp³-hybridized carbons (Fsp3) is 0.300. The predicted molar refractivity (Wildman–Crippen MR) is 151 cm³/mol. The average molecular weight is 607 g/mol. The summed E-state index contributed by atoms with van der Waals surface area (Å²) in [5.41, 5.74) is 0.753. The van der Waals surface area contributed by atoms with Crippen molar-refractivity contribution in [2.45, 2.75) is 57.0 Å². The summed E-state index contributed by atoms with van der Waals surface area (Å²) in [6.07, 6.45) is -3.32. The minimum absolute atomic E-state index is 0.00709. The fourth-order valence-corrected chi connectivity index (χ4v) is 5.09. The van der Waals surface area contributed by atoms with E-state index in [1.807, 2.05) is 6.92 Å². The molecule has 0 radical (unpaired) electrons. The van der Waals surface area contributed by atoms with Crippen LogP contribution in [0.2, 0.25) is 0 Å². The molecule has 42 heavy (non-hydrogen) atoms. The molecule has 1 aromatic heterocycles. The third-order valence-electron chi connectivity index (χ3n) is 6.66. The number of nitrogens with zero attached hydrogens (tertiary/aromatic N) is 3. The number of imidazole rings is 1. The van der Waals surface area contributed by atoms with Gasteiger partial charge in [0.15, 0.2) is 17.3 Å². The molecule has 0 saturated carbocycles. The molecule has 0 aliphatic rings. The lowest BCUT2D eigenvalue weighted by molar-refractivity contribution is -0.141. The summed E-state index contributed by atoms with van der Waals surface area (Å²) < 4.78 is 88.4. The smallest absolute Gasteiger partial charge is 0.435 e. The van der Waals surface area contributed by atoms with Gasteiger partial charge in [-0.1, -0.05) is 61.9 Å². The molecule has 0 amide bonds. The SMILES string of the molecule is CCCCn1c(-c2ccccc2)nc(C(F)(F)F)c1CN(Cc1ccc(S(N)=O)cc1)Cc1ccc(OCF)c(F)c1. The van der Waals surface area contributed by atoms with Crippen LogP contribution in [0.3, 0.4) is 0 Å². The van der Waals surface area contributed by atoms with Crippen LogP contribution < -0.4 is 9.88 Å². The summed E-state index contributed by atoms with van der Waals surface area (Å²) >= 11 is 0. The second-order valence-corrected chi connectivity index (χ2v) is 10.8. The van der Waals surface area contributed by atoms with Gasteiger partial charge in [0, 0.05) is 31.7 Å². The van der Waals surface area contributed by atoms with Gasteiger partial charge in [0.05, 0.1) is 10.6 Å². The normalized spacial score (nSPS) is 12.6. The molecule has 12 heteroatoms. The van der Waals surface area contributed by atoms with Gasteiger partial charge in [-0.15, -0.1) is 0 Å². The highest BCUT2D eigenvalue weighted by Gasteiger charge is 2.39. The second-order valence-electron chi connectivity index (χ2n) is 9.70. The number of hydrogen-bond acceptors (Lipinski definition) is 4. The van der Waals surface area contributed by atoms with Crippen molar-refractivity contribution in [1.82, 2.24) is 14.5 Å². The molecule has 2 N–H and O–H groups in total. The third kappa shape index (κ3) is 7.81. The molecule has 3 aromatic carbocycles. The largest absolute Gasteiger partial charge is 0.460 e. The first-order chi connectivity index (χ1) is 20.1. The minimum Gasteiger partial charge on any atom is -0.460 e. The lowest BCUT2D eigenvalue weighted by atomic mass is 10.1. The number of alkyl halides is 4. The quantitative estimate of drug-likeness (QED) is 0.167. The Morgan fingerprint density at radius 3 is 2.24 bits per heavy atom. The van der Waals surface area contributed by atoms with E-state index in [0.717, 1.165) is 12.0 Å². The lowest BCUT2D eigenvalue weighted by Gasteiger charge is -2.25. The van der Waals surface area contributed by atoms with Crippen LogP contribution in [0, 0.1) is 5.82 Å². The number of aromatic nitrogens is 2. The fourth-order valence-electron chi connectivity index (χ4n) is 4.68. The molecule has 0 saturated heterocycles. The van der Waals surface area contributed by atoms with Gasteiger partial charge in [-0.05, 0) is 41.8 Å². The van der Waals surface area contributed by atoms with E-state index in [1.165, 1.54) is 18.2 Å². The van der Waals surface area contributed by atoms with Gasteiger partial charge in [0.1, 0.15) is 16.8 Å². The molecule has 0 spiro atoms. The van der Waals surface area contributed by atoms with Crippen molar-refractivity contribution in [3.63, 3.8) is 0 Å². The third-order valence-corrected chi connectivity index (χ3v) is 7.39. The van der Waals surface area contributed by atoms with Crippen molar-refractivity contribution < 1.29 is 30.9 Å². The Balaban J connectivity index is 1.78. The van der Waals surface area contributed by atoms with Crippen molar-refractivity contribution in [2.24, 2.45) is 5.14 Å². The van der Waals surface area contributed by atoms with E-state index in [4.69, 9.17) is 5.14 Å². The van der Waals surface area contributed by atoms with Crippen molar-refractivity contribution >= 4 is 11.0 Å². The number of unbranched alkanes of at least 4 members (excludes halogenated alkanes) is 1. The summed E-state index contributed by atoms with van der Waals surface area (Å²) in [6.45, 7) is 1.17. The summed E-state index contributed by atoms with van der Waals surface area (Å²) in [4.78, 5) is 6.24. The van der Waals surface area contributed by atoms with Crippen molar-refractivity contribution in [2.75, 3.05) is 6.86 Å². The highest BCUT2D eigenvalue weighted by molar-refractivity contribution is 7.82. The number of nitrogens with two attached hydrogens (primary N) is 1. The predicted octanol–water partition coefficient (Wildman–Crippen LogP) is 7.00. The number of halogens is 5. The molecular weight excluding hydrogens is 575 g/mol. The molecule has 0 aliphatic heterocycles. The number of hydrogen-bond donors (Lipinski definition) is 1. The summed E-state index contributed by atoms with van der Waals surface area (Å²) in [5.74, 6) is -0.822. The molecule has 4 aromatic rings. The molecule has 1 heterocycles. The molecule has 1 unspecified atom stereocenters. The van der Waals surface area contributed by atoms with E-state index in [0.29, 0.717) is 29.0 Å². The molecule has 0 aliphatic carbocycles.